The summed E-state index contributed by atoms with van der Waals surface area (Å²) in [6.45, 7) is 4.97. The molecule has 0 saturated heterocycles. The van der Waals surface area contributed by atoms with Crippen molar-refractivity contribution in [3.8, 4) is 22.1 Å². The third kappa shape index (κ3) is 3.62. The van der Waals surface area contributed by atoms with Crippen LogP contribution in [0.3, 0.4) is 0 Å². The van der Waals surface area contributed by atoms with Crippen molar-refractivity contribution in [3.63, 3.8) is 0 Å². The topological polar surface area (TPSA) is 78.3 Å². The number of benzene rings is 1. The summed E-state index contributed by atoms with van der Waals surface area (Å²) < 4.78 is 13.0. The average molecular weight is 455 g/mol. The molecule has 4 heterocycles. The predicted octanol–water partition coefficient (Wildman–Crippen LogP) is 5.42. The van der Waals surface area contributed by atoms with E-state index in [1.54, 1.807) is 35.7 Å². The van der Waals surface area contributed by atoms with Crippen molar-refractivity contribution in [3.05, 3.63) is 52.5 Å². The molecule has 0 aliphatic carbocycles. The van der Waals surface area contributed by atoms with Crippen LogP contribution in [0.25, 0.3) is 21.6 Å². The maximum absolute atomic E-state index is 13.3. The number of thiophene rings is 1. The van der Waals surface area contributed by atoms with E-state index >= 15 is 0 Å². The van der Waals surface area contributed by atoms with Crippen molar-refractivity contribution in [2.45, 2.75) is 19.9 Å². The highest BCUT2D eigenvalue weighted by molar-refractivity contribution is 7.13. The maximum Gasteiger partial charge on any atom is 0.256 e. The molecule has 4 aromatic rings. The number of nitrogens with zero attached hydrogens (tertiary/aromatic N) is 3. The highest BCUT2D eigenvalue weighted by Crippen LogP contribution is 2.38. The number of ether oxygens (including phenoxy) is 2. The van der Waals surface area contributed by atoms with Gasteiger partial charge in [0.1, 0.15) is 13.2 Å². The summed E-state index contributed by atoms with van der Waals surface area (Å²) in [7, 11) is 0. The number of pyridine rings is 1. The Morgan fingerprint density at radius 2 is 2.00 bits per heavy atom. The summed E-state index contributed by atoms with van der Waals surface area (Å²) in [5, 5.41) is 10.4. The van der Waals surface area contributed by atoms with Crippen LogP contribution in [0.2, 0.25) is 5.02 Å². The highest BCUT2D eigenvalue weighted by Gasteiger charge is 2.21. The zero-order chi connectivity index (χ0) is 21.5. The van der Waals surface area contributed by atoms with E-state index in [-0.39, 0.29) is 11.9 Å². The van der Waals surface area contributed by atoms with Crippen molar-refractivity contribution in [1.82, 2.24) is 14.8 Å². The third-order valence-electron chi connectivity index (χ3n) is 4.95. The van der Waals surface area contributed by atoms with E-state index < -0.39 is 0 Å². The second-order valence-corrected chi connectivity index (χ2v) is 8.74. The molecule has 0 atom stereocenters. The first kappa shape index (κ1) is 19.8. The van der Waals surface area contributed by atoms with E-state index in [4.69, 9.17) is 26.1 Å². The molecule has 0 spiro atoms. The number of halogens is 1. The monoisotopic (exact) mass is 454 g/mol. The van der Waals surface area contributed by atoms with Crippen LogP contribution in [0.1, 0.15) is 30.2 Å². The minimum absolute atomic E-state index is 0.103. The molecular weight excluding hydrogens is 436 g/mol. The van der Waals surface area contributed by atoms with Gasteiger partial charge in [-0.1, -0.05) is 17.7 Å². The zero-order valence-electron chi connectivity index (χ0n) is 16.9. The Balaban J connectivity index is 1.58. The van der Waals surface area contributed by atoms with E-state index in [0.717, 1.165) is 10.6 Å². The Morgan fingerprint density at radius 3 is 2.71 bits per heavy atom. The van der Waals surface area contributed by atoms with Crippen LogP contribution in [-0.4, -0.2) is 33.9 Å². The molecule has 1 aromatic carbocycles. The molecule has 1 aliphatic rings. The number of carbonyl (C=O) groups is 1. The molecule has 158 valence electrons. The van der Waals surface area contributed by atoms with Gasteiger partial charge in [-0.15, -0.1) is 11.3 Å². The quantitative estimate of drug-likeness (QED) is 0.445. The van der Waals surface area contributed by atoms with Crippen LogP contribution < -0.4 is 14.8 Å². The molecule has 1 N–H and O–H groups in total. The zero-order valence-corrected chi connectivity index (χ0v) is 18.5. The summed E-state index contributed by atoms with van der Waals surface area (Å²) in [5.74, 6) is 0.823. The number of rotatable bonds is 4. The Kier molecular flexibility index (Phi) is 5.03. The number of hydrogen-bond acceptors (Lipinski definition) is 6. The SMILES string of the molecule is CC(C)n1ncc2c(C(=O)Nc3cc4c(cc3Cl)OCCO4)cc(-c3cccs3)nc21. The highest BCUT2D eigenvalue weighted by atomic mass is 35.5. The van der Waals surface area contributed by atoms with Gasteiger partial charge in [0.05, 0.1) is 38.4 Å². The summed E-state index contributed by atoms with van der Waals surface area (Å²) in [6.07, 6.45) is 1.68. The molecule has 0 fully saturated rings. The molecule has 0 unspecified atom stereocenters. The molecule has 31 heavy (non-hydrogen) atoms. The van der Waals surface area contributed by atoms with Gasteiger partial charge in [-0.25, -0.2) is 9.67 Å². The lowest BCUT2D eigenvalue weighted by Gasteiger charge is -2.20. The minimum Gasteiger partial charge on any atom is -0.486 e. The lowest BCUT2D eigenvalue weighted by atomic mass is 10.1. The molecule has 5 rings (SSSR count). The van der Waals surface area contributed by atoms with Crippen molar-refractivity contribution in [1.29, 1.82) is 0 Å². The fourth-order valence-electron chi connectivity index (χ4n) is 3.48. The third-order valence-corrected chi connectivity index (χ3v) is 6.16. The Bertz CT molecular complexity index is 1280. The van der Waals surface area contributed by atoms with Gasteiger partial charge in [-0.05, 0) is 31.4 Å². The first-order valence-corrected chi connectivity index (χ1v) is 11.1. The van der Waals surface area contributed by atoms with Gasteiger partial charge in [0, 0.05) is 18.2 Å². The number of hydrogen-bond donors (Lipinski definition) is 1. The van der Waals surface area contributed by atoms with E-state index in [1.165, 1.54) is 0 Å². The molecular formula is C22H19ClN4O3S. The smallest absolute Gasteiger partial charge is 0.256 e. The molecule has 3 aromatic heterocycles. The van der Waals surface area contributed by atoms with Crippen LogP contribution in [-0.2, 0) is 0 Å². The first-order valence-electron chi connectivity index (χ1n) is 9.84. The van der Waals surface area contributed by atoms with Crippen LogP contribution in [0.5, 0.6) is 11.5 Å². The molecule has 0 saturated carbocycles. The Labute approximate surface area is 187 Å². The van der Waals surface area contributed by atoms with Gasteiger partial charge in [-0.3, -0.25) is 4.79 Å². The van der Waals surface area contributed by atoms with Gasteiger partial charge in [0.2, 0.25) is 0 Å². The Morgan fingerprint density at radius 1 is 1.23 bits per heavy atom. The largest absolute Gasteiger partial charge is 0.486 e. The van der Waals surface area contributed by atoms with E-state index in [1.807, 2.05) is 36.0 Å². The van der Waals surface area contributed by atoms with Crippen LogP contribution in [0, 0.1) is 0 Å². The number of carbonyl (C=O) groups excluding carboxylic acids is 1. The lowest BCUT2D eigenvalue weighted by molar-refractivity contribution is 0.102. The molecule has 7 nitrogen and oxygen atoms in total. The predicted molar refractivity (Wildman–Crippen MR) is 122 cm³/mol. The number of fused-ring (bicyclic) bond motifs is 2. The first-order chi connectivity index (χ1) is 15.0. The summed E-state index contributed by atoms with van der Waals surface area (Å²) in [5.41, 5.74) is 2.32. The molecule has 1 aliphatic heterocycles. The van der Waals surface area contributed by atoms with Crippen LogP contribution in [0.15, 0.2) is 41.9 Å². The van der Waals surface area contributed by atoms with Gasteiger partial charge < -0.3 is 14.8 Å². The van der Waals surface area contributed by atoms with Crippen molar-refractivity contribution in [2.75, 3.05) is 18.5 Å². The fourth-order valence-corrected chi connectivity index (χ4v) is 4.37. The standard InChI is InChI=1S/C22H19ClN4O3S/c1-12(2)27-21-14(11-24-27)13(8-17(25-21)20-4-3-7-31-20)22(28)26-16-10-19-18(9-15(16)23)29-5-6-30-19/h3-4,7-12H,5-6H2,1-2H3,(H,26,28). The van der Waals surface area contributed by atoms with Gasteiger partial charge in [0.15, 0.2) is 17.1 Å². The Hall–Kier alpha value is -3.10. The van der Waals surface area contributed by atoms with E-state index in [0.29, 0.717) is 52.0 Å². The summed E-state index contributed by atoms with van der Waals surface area (Å²) in [4.78, 5) is 19.1. The van der Waals surface area contributed by atoms with Crippen LogP contribution in [0.4, 0.5) is 5.69 Å². The molecule has 1 amide bonds. The maximum atomic E-state index is 13.3. The van der Waals surface area contributed by atoms with Crippen molar-refractivity contribution >= 4 is 45.6 Å². The number of aromatic nitrogens is 3. The van der Waals surface area contributed by atoms with Crippen LogP contribution >= 0.6 is 22.9 Å². The lowest BCUT2D eigenvalue weighted by Crippen LogP contribution is -2.17. The van der Waals surface area contributed by atoms with Crippen molar-refractivity contribution < 1.29 is 14.3 Å². The van der Waals surface area contributed by atoms with E-state index in [2.05, 4.69) is 10.4 Å². The molecule has 9 heteroatoms. The van der Waals surface area contributed by atoms with Gasteiger partial charge in [0.25, 0.3) is 5.91 Å². The second-order valence-electron chi connectivity index (χ2n) is 7.38. The number of amides is 1. The van der Waals surface area contributed by atoms with Crippen molar-refractivity contribution in [2.24, 2.45) is 0 Å². The summed E-state index contributed by atoms with van der Waals surface area (Å²) >= 11 is 7.96. The van der Waals surface area contributed by atoms with E-state index in [9.17, 15) is 4.79 Å². The average Bonchev–Trinajstić information content (AvgIpc) is 3.43. The second kappa shape index (κ2) is 7.86. The number of nitrogens with one attached hydrogen (secondary N) is 1. The fraction of sp³-hybridized carbons (Fsp3) is 0.227. The minimum atomic E-state index is -0.299. The number of anilines is 1. The van der Waals surface area contributed by atoms with Gasteiger partial charge >= 0.3 is 0 Å². The molecule has 0 bridgehead atoms. The normalized spacial score (nSPS) is 13.0. The summed E-state index contributed by atoms with van der Waals surface area (Å²) in [6, 6.07) is 9.18. The molecule has 0 radical (unpaired) electrons. The van der Waals surface area contributed by atoms with Gasteiger partial charge in [-0.2, -0.15) is 5.10 Å².